The smallest absolute Gasteiger partial charge is 0.211 e. The summed E-state index contributed by atoms with van der Waals surface area (Å²) in [6, 6.07) is 21.7. The van der Waals surface area contributed by atoms with Crippen LogP contribution in [0.25, 0.3) is 11.1 Å². The molecule has 1 heterocycles. The number of benzene rings is 2. The van der Waals surface area contributed by atoms with E-state index in [0.29, 0.717) is 19.1 Å². The van der Waals surface area contributed by atoms with Gasteiger partial charge in [0.2, 0.25) is 12.2 Å². The summed E-state index contributed by atoms with van der Waals surface area (Å²) in [5.41, 5.74) is 2.89. The average Bonchev–Trinajstić information content (AvgIpc) is 2.73. The number of nitrogens with zero attached hydrogens (tertiary/aromatic N) is 3. The fourth-order valence-corrected chi connectivity index (χ4v) is 2.51. The van der Waals surface area contributed by atoms with Gasteiger partial charge < -0.3 is 15.4 Å². The Bertz CT molecular complexity index is 920. The third kappa shape index (κ3) is 5.31. The number of aliphatic imine (C=N–C) groups is 1. The number of aromatic nitrogens is 1. The van der Waals surface area contributed by atoms with Crippen LogP contribution in [0.2, 0.25) is 0 Å². The number of anilines is 1. The molecule has 2 aromatic carbocycles. The standard InChI is InChI=1S/C21H19N5O/c22-16-25-21(26-18-9-6-12-23-15-18)24-13-14-27-20-11-5-4-10-19(20)17-7-2-1-3-8-17/h1-12,15H,13-14H2,(H2,24,25,26). The first-order valence-corrected chi connectivity index (χ1v) is 8.52. The van der Waals surface area contributed by atoms with Crippen LogP contribution in [0.15, 0.2) is 84.1 Å². The van der Waals surface area contributed by atoms with Crippen molar-refractivity contribution in [3.63, 3.8) is 0 Å². The number of pyridine rings is 1. The fourth-order valence-electron chi connectivity index (χ4n) is 2.51. The number of guanidine groups is 1. The highest BCUT2D eigenvalue weighted by molar-refractivity contribution is 5.93. The van der Waals surface area contributed by atoms with Crippen molar-refractivity contribution in [2.75, 3.05) is 18.5 Å². The Morgan fingerprint density at radius 1 is 1.04 bits per heavy atom. The Morgan fingerprint density at radius 3 is 2.63 bits per heavy atom. The highest BCUT2D eigenvalue weighted by Crippen LogP contribution is 2.29. The maximum Gasteiger partial charge on any atom is 0.211 e. The molecule has 0 spiro atoms. The van der Waals surface area contributed by atoms with Gasteiger partial charge in [-0.15, -0.1) is 4.99 Å². The van der Waals surface area contributed by atoms with Crippen LogP contribution < -0.4 is 15.4 Å². The van der Waals surface area contributed by atoms with E-state index in [9.17, 15) is 0 Å². The van der Waals surface area contributed by atoms with Gasteiger partial charge in [0.05, 0.1) is 18.4 Å². The first-order chi connectivity index (χ1) is 13.4. The highest BCUT2D eigenvalue weighted by atomic mass is 16.5. The molecule has 0 radical (unpaired) electrons. The van der Waals surface area contributed by atoms with E-state index in [1.54, 1.807) is 24.7 Å². The minimum absolute atomic E-state index is 0.352. The van der Waals surface area contributed by atoms with E-state index in [0.717, 1.165) is 22.6 Å². The first-order valence-electron chi connectivity index (χ1n) is 8.52. The van der Waals surface area contributed by atoms with Gasteiger partial charge in [0, 0.05) is 11.8 Å². The van der Waals surface area contributed by atoms with Crippen molar-refractivity contribution in [3.8, 4) is 23.1 Å². The average molecular weight is 357 g/mol. The van der Waals surface area contributed by atoms with Crippen LogP contribution >= 0.6 is 0 Å². The molecule has 0 saturated carbocycles. The van der Waals surface area contributed by atoms with Crippen LogP contribution in [-0.4, -0.2) is 24.1 Å². The van der Waals surface area contributed by atoms with Gasteiger partial charge in [-0.25, -0.2) is 0 Å². The molecular formula is C21H19N5O. The summed E-state index contributed by atoms with van der Waals surface area (Å²) in [5, 5.41) is 14.9. The zero-order valence-corrected chi connectivity index (χ0v) is 14.7. The first kappa shape index (κ1) is 18.0. The molecule has 3 aromatic rings. The zero-order valence-electron chi connectivity index (χ0n) is 14.7. The van der Waals surface area contributed by atoms with Crippen molar-refractivity contribution < 1.29 is 4.74 Å². The van der Waals surface area contributed by atoms with E-state index >= 15 is 0 Å². The second-order valence-corrected chi connectivity index (χ2v) is 5.56. The molecule has 0 atom stereocenters. The number of hydrogen-bond acceptors (Lipinski definition) is 4. The molecule has 0 bridgehead atoms. The Balaban J connectivity index is 1.57. The summed E-state index contributed by atoms with van der Waals surface area (Å²) in [4.78, 5) is 7.77. The lowest BCUT2D eigenvalue weighted by Crippen LogP contribution is -2.33. The van der Waals surface area contributed by atoms with E-state index in [1.165, 1.54) is 0 Å². The number of hydrogen-bond donors (Lipinski definition) is 2. The minimum Gasteiger partial charge on any atom is -0.491 e. The fraction of sp³-hybridized carbons (Fsp3) is 0.0952. The van der Waals surface area contributed by atoms with E-state index in [4.69, 9.17) is 10.00 Å². The third-order valence-electron chi connectivity index (χ3n) is 3.71. The topological polar surface area (TPSA) is 82.3 Å². The number of nitrogens with one attached hydrogen (secondary N) is 2. The Morgan fingerprint density at radius 2 is 1.85 bits per heavy atom. The SMILES string of the molecule is N#C/N=C(\NCCOc1ccccc1-c1ccccc1)Nc1cccnc1. The van der Waals surface area contributed by atoms with Crippen molar-refractivity contribution in [1.82, 2.24) is 10.3 Å². The molecular weight excluding hydrogens is 338 g/mol. The molecule has 0 aliphatic rings. The number of nitriles is 1. The summed E-state index contributed by atoms with van der Waals surface area (Å²) in [5.74, 6) is 1.16. The Labute approximate surface area is 158 Å². The molecule has 0 aliphatic heterocycles. The van der Waals surface area contributed by atoms with E-state index in [2.05, 4.69) is 32.7 Å². The maximum atomic E-state index is 8.85. The molecule has 0 saturated heterocycles. The van der Waals surface area contributed by atoms with Crippen molar-refractivity contribution in [1.29, 1.82) is 5.26 Å². The normalized spacial score (nSPS) is 10.7. The van der Waals surface area contributed by atoms with Gasteiger partial charge in [0.1, 0.15) is 12.4 Å². The van der Waals surface area contributed by atoms with Crippen LogP contribution in [0.5, 0.6) is 5.75 Å². The molecule has 1 aromatic heterocycles. The number of para-hydroxylation sites is 1. The van der Waals surface area contributed by atoms with Crippen LogP contribution in [0.3, 0.4) is 0 Å². The summed E-state index contributed by atoms with van der Waals surface area (Å²) >= 11 is 0. The van der Waals surface area contributed by atoms with Gasteiger partial charge in [-0.3, -0.25) is 4.98 Å². The van der Waals surface area contributed by atoms with Crippen LogP contribution in [-0.2, 0) is 0 Å². The predicted octanol–water partition coefficient (Wildman–Crippen LogP) is 3.67. The molecule has 0 unspecified atom stereocenters. The molecule has 6 nitrogen and oxygen atoms in total. The summed E-state index contributed by atoms with van der Waals surface area (Å²) < 4.78 is 5.93. The lowest BCUT2D eigenvalue weighted by Gasteiger charge is -2.13. The van der Waals surface area contributed by atoms with E-state index in [1.807, 2.05) is 48.5 Å². The van der Waals surface area contributed by atoms with Gasteiger partial charge >= 0.3 is 0 Å². The van der Waals surface area contributed by atoms with Gasteiger partial charge in [-0.2, -0.15) is 5.26 Å². The zero-order chi connectivity index (χ0) is 18.7. The minimum atomic E-state index is 0.352. The predicted molar refractivity (Wildman–Crippen MR) is 106 cm³/mol. The van der Waals surface area contributed by atoms with E-state index < -0.39 is 0 Å². The lowest BCUT2D eigenvalue weighted by molar-refractivity contribution is 0.324. The second-order valence-electron chi connectivity index (χ2n) is 5.56. The van der Waals surface area contributed by atoms with Crippen molar-refractivity contribution in [2.24, 2.45) is 4.99 Å². The van der Waals surface area contributed by atoms with Crippen LogP contribution in [0, 0.1) is 11.5 Å². The molecule has 6 heteroatoms. The summed E-state index contributed by atoms with van der Waals surface area (Å²) in [6.45, 7) is 0.903. The van der Waals surface area contributed by atoms with Crippen molar-refractivity contribution in [3.05, 3.63) is 79.1 Å². The van der Waals surface area contributed by atoms with Crippen molar-refractivity contribution >= 4 is 11.6 Å². The molecule has 134 valence electrons. The summed E-state index contributed by atoms with van der Waals surface area (Å²) in [7, 11) is 0. The third-order valence-corrected chi connectivity index (χ3v) is 3.71. The largest absolute Gasteiger partial charge is 0.491 e. The van der Waals surface area contributed by atoms with Crippen LogP contribution in [0.4, 0.5) is 5.69 Å². The molecule has 27 heavy (non-hydrogen) atoms. The highest BCUT2D eigenvalue weighted by Gasteiger charge is 2.05. The van der Waals surface area contributed by atoms with Gasteiger partial charge in [-0.05, 0) is 23.8 Å². The van der Waals surface area contributed by atoms with E-state index in [-0.39, 0.29) is 0 Å². The molecule has 3 rings (SSSR count). The number of ether oxygens (including phenoxy) is 1. The van der Waals surface area contributed by atoms with Crippen molar-refractivity contribution in [2.45, 2.75) is 0 Å². The van der Waals surface area contributed by atoms with Crippen LogP contribution in [0.1, 0.15) is 0 Å². The molecule has 0 amide bonds. The maximum absolute atomic E-state index is 8.85. The van der Waals surface area contributed by atoms with Gasteiger partial charge in [0.25, 0.3) is 0 Å². The number of rotatable bonds is 6. The Kier molecular flexibility index (Phi) is 6.38. The second kappa shape index (κ2) is 9.59. The molecule has 2 N–H and O–H groups in total. The lowest BCUT2D eigenvalue weighted by atomic mass is 10.1. The molecule has 0 aliphatic carbocycles. The monoisotopic (exact) mass is 357 g/mol. The molecule has 0 fully saturated rings. The quantitative estimate of drug-likeness (QED) is 0.304. The Hall–Kier alpha value is -3.85. The van der Waals surface area contributed by atoms with Gasteiger partial charge in [0.15, 0.2) is 0 Å². The van der Waals surface area contributed by atoms with Gasteiger partial charge in [-0.1, -0.05) is 48.5 Å². The summed E-state index contributed by atoms with van der Waals surface area (Å²) in [6.07, 6.45) is 5.11.